The van der Waals surface area contributed by atoms with Crippen molar-refractivity contribution >= 4 is 34.6 Å². The molecule has 9 heteroatoms. The summed E-state index contributed by atoms with van der Waals surface area (Å²) in [5, 5.41) is 0. The Hall–Kier alpha value is -0.620. The Balaban J connectivity index is 1.53. The Kier molecular flexibility index (Phi) is 7.99. The van der Waals surface area contributed by atoms with Gasteiger partial charge in [-0.1, -0.05) is 61.1 Å². The average molecular weight is 704 g/mol. The fourth-order valence-corrected chi connectivity index (χ4v) is 9.04. The number of fused-ring (bicyclic) bond motifs is 4. The highest BCUT2D eigenvalue weighted by Gasteiger charge is 2.58. The molecule has 6 rings (SSSR count). The zero-order valence-electron chi connectivity index (χ0n) is 24.6. The lowest BCUT2D eigenvalue weighted by molar-refractivity contribution is -0.134. The van der Waals surface area contributed by atoms with Crippen molar-refractivity contribution < 1.29 is 26.8 Å². The van der Waals surface area contributed by atoms with Crippen LogP contribution in [0.25, 0.3) is 0 Å². The van der Waals surface area contributed by atoms with Crippen LogP contribution in [0.4, 0.5) is 13.2 Å². The van der Waals surface area contributed by atoms with Gasteiger partial charge in [0.05, 0.1) is 28.3 Å². The highest BCUT2D eigenvalue weighted by molar-refractivity contribution is 14.1. The summed E-state index contributed by atoms with van der Waals surface area (Å²) >= 11 is 4.02. The molecule has 5 unspecified atom stereocenters. The molecule has 1 saturated heterocycles. The SMILES string of the molecule is CC(C)c1nc2c(c3c1C(C1C=CC(C(F)(F)F)=CC1)OC31CCOCC1I)C(OSC(C)(C)C)CC1(CCC1)C2. The van der Waals surface area contributed by atoms with Crippen molar-refractivity contribution in [3.8, 4) is 0 Å². The van der Waals surface area contributed by atoms with Crippen molar-refractivity contribution in [1.82, 2.24) is 4.98 Å². The molecule has 1 aromatic heterocycles. The zero-order chi connectivity index (χ0) is 29.4. The van der Waals surface area contributed by atoms with Crippen molar-refractivity contribution in [3.05, 3.63) is 51.9 Å². The van der Waals surface area contributed by atoms with Gasteiger partial charge in [0.1, 0.15) is 5.60 Å². The van der Waals surface area contributed by atoms with Gasteiger partial charge in [0.25, 0.3) is 0 Å². The third-order valence-corrected chi connectivity index (χ3v) is 11.7. The number of rotatable bonds is 4. The number of ether oxygens (including phenoxy) is 2. The molecule has 0 N–H and O–H groups in total. The van der Waals surface area contributed by atoms with Crippen molar-refractivity contribution in [2.75, 3.05) is 13.2 Å². The number of nitrogens with zero attached hydrogens (tertiary/aromatic N) is 1. The van der Waals surface area contributed by atoms with Crippen molar-refractivity contribution in [2.45, 2.75) is 118 Å². The Morgan fingerprint density at radius 3 is 2.46 bits per heavy atom. The largest absolute Gasteiger partial charge is 0.416 e. The Bertz CT molecular complexity index is 1250. The summed E-state index contributed by atoms with van der Waals surface area (Å²) in [5.74, 6) is -0.0489. The molecule has 0 bridgehead atoms. The minimum Gasteiger partial charge on any atom is -0.380 e. The molecule has 1 saturated carbocycles. The molecule has 5 atom stereocenters. The highest BCUT2D eigenvalue weighted by atomic mass is 127. The van der Waals surface area contributed by atoms with Crippen LogP contribution in [-0.2, 0) is 25.7 Å². The summed E-state index contributed by atoms with van der Waals surface area (Å²) in [4.78, 5) is 5.44. The maximum absolute atomic E-state index is 13.5. The fourth-order valence-electron chi connectivity index (χ4n) is 7.45. The molecule has 4 nitrogen and oxygen atoms in total. The molecule has 3 heterocycles. The lowest BCUT2D eigenvalue weighted by Crippen LogP contribution is -2.46. The molecule has 2 fully saturated rings. The fraction of sp³-hybridized carbons (Fsp3) is 0.719. The van der Waals surface area contributed by atoms with Crippen LogP contribution in [0.3, 0.4) is 0 Å². The Morgan fingerprint density at radius 2 is 1.90 bits per heavy atom. The smallest absolute Gasteiger partial charge is 0.380 e. The van der Waals surface area contributed by atoms with E-state index < -0.39 is 17.4 Å². The minimum atomic E-state index is -4.35. The molecule has 41 heavy (non-hydrogen) atoms. The second-order valence-corrected chi connectivity index (χ2v) is 17.0. The lowest BCUT2D eigenvalue weighted by Gasteiger charge is -2.49. The molecule has 226 valence electrons. The first-order valence-corrected chi connectivity index (χ1v) is 17.0. The standard InChI is InChI=1S/C32H41F3INO3S/c1-18(2)27-25-26(24-21(37-27)15-30(11-6-12-30)16-22(24)40-41-29(3,4)5)31(13-14-38-17-23(31)36)39-28(25)19-7-9-20(10-8-19)32(33,34)35/h7,9-10,18-19,22-23,28H,6,8,11-17H2,1-5H3. The van der Waals surface area contributed by atoms with Crippen molar-refractivity contribution in [2.24, 2.45) is 11.3 Å². The molecule has 1 aromatic rings. The maximum atomic E-state index is 13.5. The third-order valence-electron chi connectivity index (χ3n) is 9.52. The number of alkyl halides is 4. The van der Waals surface area contributed by atoms with Gasteiger partial charge in [-0.25, -0.2) is 0 Å². The van der Waals surface area contributed by atoms with Crippen molar-refractivity contribution in [3.63, 3.8) is 0 Å². The summed E-state index contributed by atoms with van der Waals surface area (Å²) < 4.78 is 60.4. The van der Waals surface area contributed by atoms with E-state index in [1.165, 1.54) is 42.5 Å². The van der Waals surface area contributed by atoms with Gasteiger partial charge in [-0.2, -0.15) is 13.2 Å². The van der Waals surface area contributed by atoms with Crippen LogP contribution in [0.1, 0.15) is 119 Å². The molecule has 0 radical (unpaired) electrons. The monoisotopic (exact) mass is 703 g/mol. The first kappa shape index (κ1) is 30.4. The van der Waals surface area contributed by atoms with E-state index in [9.17, 15) is 13.2 Å². The molecule has 3 aliphatic carbocycles. The van der Waals surface area contributed by atoms with Crippen LogP contribution >= 0.6 is 34.6 Å². The summed E-state index contributed by atoms with van der Waals surface area (Å²) in [6.45, 7) is 12.0. The van der Waals surface area contributed by atoms with E-state index >= 15 is 0 Å². The van der Waals surface area contributed by atoms with E-state index in [0.29, 0.717) is 19.6 Å². The average Bonchev–Trinajstić information content (AvgIpc) is 3.22. The van der Waals surface area contributed by atoms with Crippen LogP contribution in [0.5, 0.6) is 0 Å². The second-order valence-electron chi connectivity index (χ2n) is 14.0. The third kappa shape index (κ3) is 5.46. The van der Waals surface area contributed by atoms with Gasteiger partial charge < -0.3 is 13.7 Å². The maximum Gasteiger partial charge on any atom is 0.416 e. The number of halogens is 4. The summed E-state index contributed by atoms with van der Waals surface area (Å²) in [6.07, 6.45) is 6.05. The second kappa shape index (κ2) is 10.8. The zero-order valence-corrected chi connectivity index (χ0v) is 27.5. The van der Waals surface area contributed by atoms with E-state index in [1.54, 1.807) is 18.1 Å². The van der Waals surface area contributed by atoms with Gasteiger partial charge in [-0.3, -0.25) is 4.98 Å². The summed E-state index contributed by atoms with van der Waals surface area (Å²) in [7, 11) is 0. The van der Waals surface area contributed by atoms with Gasteiger partial charge in [0.2, 0.25) is 0 Å². The van der Waals surface area contributed by atoms with Crippen LogP contribution in [-0.4, -0.2) is 33.0 Å². The summed E-state index contributed by atoms with van der Waals surface area (Å²) in [6, 6.07) is 0. The number of pyridine rings is 1. The molecular formula is C32H41F3INO3S. The number of allylic oxidation sites excluding steroid dienone is 3. The molecule has 2 spiro atoms. The highest BCUT2D eigenvalue weighted by Crippen LogP contribution is 2.62. The topological polar surface area (TPSA) is 40.6 Å². The van der Waals surface area contributed by atoms with Gasteiger partial charge in [-0.05, 0) is 76.3 Å². The summed E-state index contributed by atoms with van der Waals surface area (Å²) in [5.41, 5.74) is 4.76. The van der Waals surface area contributed by atoms with Crippen LogP contribution in [0.2, 0.25) is 0 Å². The Labute approximate surface area is 260 Å². The van der Waals surface area contributed by atoms with Gasteiger partial charge in [0.15, 0.2) is 0 Å². The van der Waals surface area contributed by atoms with E-state index in [-0.39, 0.29) is 44.6 Å². The number of hydrogen-bond donors (Lipinski definition) is 0. The van der Waals surface area contributed by atoms with Crippen LogP contribution < -0.4 is 0 Å². The van der Waals surface area contributed by atoms with E-state index in [4.69, 9.17) is 18.6 Å². The molecule has 0 amide bonds. The van der Waals surface area contributed by atoms with Gasteiger partial charge >= 0.3 is 6.18 Å². The molecule has 0 aromatic carbocycles. The molecule has 2 aliphatic heterocycles. The van der Waals surface area contributed by atoms with Crippen LogP contribution in [0, 0.1) is 11.3 Å². The van der Waals surface area contributed by atoms with Gasteiger partial charge in [0, 0.05) is 51.8 Å². The van der Waals surface area contributed by atoms with E-state index in [2.05, 4.69) is 57.2 Å². The minimum absolute atomic E-state index is 0.0600. The number of aromatic nitrogens is 1. The first-order valence-electron chi connectivity index (χ1n) is 15.0. The Morgan fingerprint density at radius 1 is 1.15 bits per heavy atom. The predicted octanol–water partition coefficient (Wildman–Crippen LogP) is 9.38. The van der Waals surface area contributed by atoms with Gasteiger partial charge in [-0.15, -0.1) is 0 Å². The molecule has 5 aliphatic rings. The molecular weight excluding hydrogens is 662 g/mol. The quantitative estimate of drug-likeness (QED) is 0.178. The van der Waals surface area contributed by atoms with Crippen LogP contribution in [0.15, 0.2) is 23.8 Å². The van der Waals surface area contributed by atoms with E-state index in [0.717, 1.165) is 29.8 Å². The normalized spacial score (nSPS) is 32.7. The van der Waals surface area contributed by atoms with E-state index in [1.807, 2.05) is 0 Å². The number of hydrogen-bond acceptors (Lipinski definition) is 5. The first-order chi connectivity index (χ1) is 19.2. The lowest BCUT2D eigenvalue weighted by atomic mass is 9.58. The van der Waals surface area contributed by atoms with Crippen molar-refractivity contribution in [1.29, 1.82) is 0 Å². The predicted molar refractivity (Wildman–Crippen MR) is 164 cm³/mol.